The SMILES string of the molecule is CCC(C)C1=Cc2c(-c3ccc(C)c(C)c3C)cccc2[CH]1[Hf]([Cl])([Cl])([c]1cccc2c1[SiH2]c1ccccc1-2)[CH]1C(C(C)CC)=Cc2c(-c3ccc(C)c(C)c3C)cccc21. The van der Waals surface area contributed by atoms with Crippen molar-refractivity contribution in [2.45, 2.75) is 89.4 Å². The predicted octanol–water partition coefficient (Wildman–Crippen LogP) is 14.0. The zero-order valence-corrected chi connectivity index (χ0v) is 43.7. The van der Waals surface area contributed by atoms with Gasteiger partial charge in [0, 0.05) is 0 Å². The Labute approximate surface area is 370 Å². The number of hydrogen-bond acceptors (Lipinski definition) is 0. The van der Waals surface area contributed by atoms with E-state index in [2.05, 4.69) is 185 Å². The summed E-state index contributed by atoms with van der Waals surface area (Å²) >= 11 is -5.89. The average molecular weight is 1010 g/mol. The third-order valence-corrected chi connectivity index (χ3v) is 47.1. The van der Waals surface area contributed by atoms with Crippen molar-refractivity contribution >= 4 is 52.5 Å². The zero-order valence-electron chi connectivity index (χ0n) is 37.2. The normalized spacial score (nSPS) is 18.6. The van der Waals surface area contributed by atoms with Crippen LogP contribution in [-0.4, -0.2) is 9.52 Å². The Morgan fingerprint density at radius 3 is 1.45 bits per heavy atom. The third-order valence-electron chi connectivity index (χ3n) is 15.7. The van der Waals surface area contributed by atoms with Gasteiger partial charge in [-0.15, -0.1) is 0 Å². The predicted molar refractivity (Wildman–Crippen MR) is 264 cm³/mol. The Morgan fingerprint density at radius 1 is 0.500 bits per heavy atom. The van der Waals surface area contributed by atoms with Crippen molar-refractivity contribution in [2.24, 2.45) is 11.8 Å². The van der Waals surface area contributed by atoms with Crippen LogP contribution in [0.3, 0.4) is 0 Å². The Morgan fingerprint density at radius 2 is 0.950 bits per heavy atom. The molecule has 2 aliphatic carbocycles. The number of rotatable bonds is 9. The topological polar surface area (TPSA) is 0 Å². The Hall–Kier alpha value is -3.53. The van der Waals surface area contributed by atoms with E-state index in [-0.39, 0.29) is 7.35 Å². The van der Waals surface area contributed by atoms with Crippen molar-refractivity contribution in [1.82, 2.24) is 0 Å². The van der Waals surface area contributed by atoms with Crippen molar-refractivity contribution in [1.29, 1.82) is 0 Å². The van der Waals surface area contributed by atoms with E-state index < -0.39 is 25.7 Å². The van der Waals surface area contributed by atoms with Gasteiger partial charge in [-0.05, 0) is 0 Å². The Kier molecular flexibility index (Phi) is 10.7. The molecule has 0 fully saturated rings. The van der Waals surface area contributed by atoms with Gasteiger partial charge in [-0.1, -0.05) is 0 Å². The van der Waals surface area contributed by atoms with Crippen molar-refractivity contribution in [2.75, 3.05) is 0 Å². The number of fused-ring (bicyclic) bond motifs is 5. The van der Waals surface area contributed by atoms with Crippen LogP contribution in [0, 0.1) is 53.4 Å². The maximum absolute atomic E-state index is 9.48. The molecule has 0 amide bonds. The van der Waals surface area contributed by atoms with Gasteiger partial charge >= 0.3 is 373 Å². The zero-order chi connectivity index (χ0) is 42.4. The first-order valence-electron chi connectivity index (χ1n) is 22.3. The number of halogens is 2. The number of aryl methyl sites for hydroxylation is 2. The second-order valence-electron chi connectivity index (χ2n) is 18.6. The average Bonchev–Trinajstić information content (AvgIpc) is 3.97. The molecule has 0 nitrogen and oxygen atoms in total. The summed E-state index contributed by atoms with van der Waals surface area (Å²) in [5.74, 6) is 0.605. The van der Waals surface area contributed by atoms with E-state index in [1.165, 1.54) is 114 Å². The first kappa shape index (κ1) is 41.8. The number of benzene rings is 6. The van der Waals surface area contributed by atoms with E-state index >= 15 is 0 Å². The summed E-state index contributed by atoms with van der Waals surface area (Å²) in [6.07, 6.45) is 7.16. The first-order chi connectivity index (χ1) is 28.7. The van der Waals surface area contributed by atoms with Gasteiger partial charge in [0.2, 0.25) is 0 Å². The molecule has 0 radical (unpaired) electrons. The van der Waals surface area contributed by atoms with Crippen LogP contribution in [0.25, 0.3) is 45.5 Å². The summed E-state index contributed by atoms with van der Waals surface area (Å²) in [7, 11) is 18.1. The van der Waals surface area contributed by atoms with Crippen molar-refractivity contribution < 1.29 is 16.1 Å². The summed E-state index contributed by atoms with van der Waals surface area (Å²) in [6.45, 7) is 23.1. The molecule has 3 aliphatic rings. The summed E-state index contributed by atoms with van der Waals surface area (Å²) in [5, 5.41) is 2.98. The van der Waals surface area contributed by atoms with Gasteiger partial charge < -0.3 is 0 Å². The van der Waals surface area contributed by atoms with Gasteiger partial charge in [-0.3, -0.25) is 0 Å². The van der Waals surface area contributed by atoms with Crippen molar-refractivity contribution in [3.05, 3.63) is 170 Å². The molecule has 0 bridgehead atoms. The summed E-state index contributed by atoms with van der Waals surface area (Å²) in [6, 6.07) is 39.5. The van der Waals surface area contributed by atoms with Crippen molar-refractivity contribution in [3.63, 3.8) is 0 Å². The molecular weight excluding hydrogens is 950 g/mol. The monoisotopic (exact) mass is 1010 g/mol. The number of allylic oxidation sites excluding steroid dienone is 2. The van der Waals surface area contributed by atoms with Gasteiger partial charge in [-0.25, -0.2) is 0 Å². The molecule has 0 saturated carbocycles. The standard InChI is InChI=1S/2C22H25.C12H9Si.2ClH.Hf/c2*1-6-14(2)19-12-18-8-7-9-21(22(18)13-19)20-11-10-15(3)16(4)17(20)5;1-3-7-11-9(5-1)10-6-2-4-8-12(10)13-11;;;/h2*7-14H,6H2,1-5H3;1-7H,13H2;2*1H;/q;;;;;+2/p-2. The fourth-order valence-corrected chi connectivity index (χ4v) is 50.5. The van der Waals surface area contributed by atoms with Gasteiger partial charge in [0.1, 0.15) is 0 Å². The first-order valence-corrected chi connectivity index (χ1v) is 38.6. The van der Waals surface area contributed by atoms with Gasteiger partial charge in [-0.2, -0.15) is 0 Å². The summed E-state index contributed by atoms with van der Waals surface area (Å²) < 4.78 is 1.12. The molecule has 0 spiro atoms. The summed E-state index contributed by atoms with van der Waals surface area (Å²) in [5.41, 5.74) is 24.1. The van der Waals surface area contributed by atoms with E-state index in [4.69, 9.17) is 0 Å². The van der Waals surface area contributed by atoms with E-state index in [9.17, 15) is 17.2 Å². The molecule has 6 aromatic rings. The molecule has 0 aromatic heterocycles. The van der Waals surface area contributed by atoms with Crippen LogP contribution in [0.1, 0.15) is 104 Å². The summed E-state index contributed by atoms with van der Waals surface area (Å²) in [4.78, 5) is 0. The van der Waals surface area contributed by atoms with Crippen LogP contribution in [0.2, 0.25) is 0 Å². The number of hydrogen-bond donors (Lipinski definition) is 0. The van der Waals surface area contributed by atoms with E-state index in [1.807, 2.05) is 0 Å². The molecule has 60 heavy (non-hydrogen) atoms. The molecule has 305 valence electrons. The van der Waals surface area contributed by atoms with Gasteiger partial charge in [0.05, 0.1) is 0 Å². The Balaban J connectivity index is 1.40. The molecule has 4 atom stereocenters. The molecule has 1 heterocycles. The minimum atomic E-state index is -5.89. The molecule has 1 aliphatic heterocycles. The minimum absolute atomic E-state index is 0.0956. The van der Waals surface area contributed by atoms with Crippen LogP contribution < -0.4 is 13.7 Å². The van der Waals surface area contributed by atoms with Gasteiger partial charge in [0.15, 0.2) is 0 Å². The second kappa shape index (κ2) is 15.4. The van der Waals surface area contributed by atoms with E-state index in [0.717, 1.165) is 12.8 Å². The molecular formula is C56H59Cl2HfSi. The fraction of sp³-hybridized carbons (Fsp3) is 0.286. The Bertz CT molecular complexity index is 2680. The second-order valence-corrected chi connectivity index (χ2v) is 49.7. The van der Waals surface area contributed by atoms with Crippen LogP contribution in [0.5, 0.6) is 0 Å². The molecule has 4 heteroatoms. The molecule has 0 saturated heterocycles. The molecule has 6 aromatic carbocycles. The molecule has 0 N–H and O–H groups in total. The van der Waals surface area contributed by atoms with Gasteiger partial charge in [0.25, 0.3) is 0 Å². The third kappa shape index (κ3) is 6.12. The molecule has 9 rings (SSSR count). The quantitative estimate of drug-likeness (QED) is 0.126. The van der Waals surface area contributed by atoms with Crippen LogP contribution in [0.4, 0.5) is 0 Å². The fourth-order valence-electron chi connectivity index (χ4n) is 11.4. The molecule has 4 unspecified atom stereocenters. The maximum atomic E-state index is 9.48. The van der Waals surface area contributed by atoms with Crippen LogP contribution in [0.15, 0.2) is 114 Å². The van der Waals surface area contributed by atoms with Crippen LogP contribution >= 0.6 is 17.2 Å². The van der Waals surface area contributed by atoms with E-state index in [0.29, 0.717) is 11.8 Å². The van der Waals surface area contributed by atoms with Crippen LogP contribution in [-0.2, 0) is 16.1 Å². The van der Waals surface area contributed by atoms with Crippen molar-refractivity contribution in [3.8, 4) is 33.4 Å². The van der Waals surface area contributed by atoms with E-state index in [1.54, 1.807) is 0 Å².